The Morgan fingerprint density at radius 3 is 2.47 bits per heavy atom. The van der Waals surface area contributed by atoms with Gasteiger partial charge in [-0.05, 0) is 25.8 Å². The maximum Gasteiger partial charge on any atom is 0.326 e. The molecule has 0 fully saturated rings. The van der Waals surface area contributed by atoms with E-state index in [9.17, 15) is 9.59 Å². The standard InChI is InChI=1S/C10H20N2O3/c1-3-8(10(14)15)12-9(13)7(2)5-4-6-11/h7-8H,3-6,11H2,1-2H3,(H,12,13)(H,14,15)/t7?,8-/m1/s1. The van der Waals surface area contributed by atoms with Crippen LogP contribution >= 0.6 is 0 Å². The zero-order valence-electron chi connectivity index (χ0n) is 9.32. The molecule has 88 valence electrons. The van der Waals surface area contributed by atoms with Crippen LogP contribution in [-0.4, -0.2) is 29.6 Å². The van der Waals surface area contributed by atoms with Gasteiger partial charge in [-0.2, -0.15) is 0 Å². The van der Waals surface area contributed by atoms with Gasteiger partial charge in [-0.25, -0.2) is 4.79 Å². The van der Waals surface area contributed by atoms with E-state index in [4.69, 9.17) is 10.8 Å². The molecule has 5 heteroatoms. The summed E-state index contributed by atoms with van der Waals surface area (Å²) >= 11 is 0. The van der Waals surface area contributed by atoms with Crippen molar-refractivity contribution in [1.82, 2.24) is 5.32 Å². The number of carbonyl (C=O) groups excluding carboxylic acids is 1. The Bertz CT molecular complexity index is 219. The predicted octanol–water partition coefficient (Wildman–Crippen LogP) is 0.341. The molecule has 0 spiro atoms. The SMILES string of the molecule is CC[C@@H](NC(=O)C(C)CCCN)C(=O)O. The fourth-order valence-corrected chi connectivity index (χ4v) is 1.21. The second kappa shape index (κ2) is 7.23. The van der Waals surface area contributed by atoms with Crippen LogP contribution in [0.25, 0.3) is 0 Å². The van der Waals surface area contributed by atoms with Crippen LogP contribution in [0.2, 0.25) is 0 Å². The van der Waals surface area contributed by atoms with Gasteiger partial charge < -0.3 is 16.2 Å². The Hall–Kier alpha value is -1.10. The number of amides is 1. The molecule has 1 amide bonds. The maximum atomic E-state index is 11.5. The van der Waals surface area contributed by atoms with Crippen LogP contribution in [0.5, 0.6) is 0 Å². The third-order valence-electron chi connectivity index (χ3n) is 2.31. The minimum atomic E-state index is -0.989. The zero-order chi connectivity index (χ0) is 11.8. The van der Waals surface area contributed by atoms with E-state index in [2.05, 4.69) is 5.32 Å². The number of hydrogen-bond acceptors (Lipinski definition) is 3. The summed E-state index contributed by atoms with van der Waals surface area (Å²) in [7, 11) is 0. The highest BCUT2D eigenvalue weighted by Crippen LogP contribution is 2.05. The molecule has 2 atom stereocenters. The molecular formula is C10H20N2O3. The van der Waals surface area contributed by atoms with Crippen molar-refractivity contribution >= 4 is 11.9 Å². The van der Waals surface area contributed by atoms with Crippen molar-refractivity contribution in [3.63, 3.8) is 0 Å². The van der Waals surface area contributed by atoms with Crippen molar-refractivity contribution < 1.29 is 14.7 Å². The molecule has 0 radical (unpaired) electrons. The summed E-state index contributed by atoms with van der Waals surface area (Å²) < 4.78 is 0. The first-order valence-electron chi connectivity index (χ1n) is 5.26. The Kier molecular flexibility index (Phi) is 6.70. The molecule has 4 N–H and O–H groups in total. The molecule has 0 bridgehead atoms. The minimum absolute atomic E-state index is 0.179. The first-order chi connectivity index (χ1) is 7.02. The van der Waals surface area contributed by atoms with Crippen molar-refractivity contribution in [2.24, 2.45) is 11.7 Å². The van der Waals surface area contributed by atoms with E-state index in [1.165, 1.54) is 0 Å². The summed E-state index contributed by atoms with van der Waals surface area (Å²) in [6.45, 7) is 4.05. The number of nitrogens with one attached hydrogen (secondary N) is 1. The predicted molar refractivity (Wildman–Crippen MR) is 57.3 cm³/mol. The Morgan fingerprint density at radius 2 is 2.07 bits per heavy atom. The lowest BCUT2D eigenvalue weighted by atomic mass is 10.0. The fraction of sp³-hybridized carbons (Fsp3) is 0.800. The average molecular weight is 216 g/mol. The lowest BCUT2D eigenvalue weighted by molar-refractivity contribution is -0.142. The highest BCUT2D eigenvalue weighted by Gasteiger charge is 2.20. The number of nitrogens with two attached hydrogens (primary N) is 1. The van der Waals surface area contributed by atoms with Gasteiger partial charge in [0.15, 0.2) is 0 Å². The molecule has 15 heavy (non-hydrogen) atoms. The number of carboxylic acids is 1. The van der Waals surface area contributed by atoms with Crippen LogP contribution in [0.1, 0.15) is 33.1 Å². The highest BCUT2D eigenvalue weighted by molar-refractivity contribution is 5.84. The van der Waals surface area contributed by atoms with E-state index in [0.717, 1.165) is 6.42 Å². The highest BCUT2D eigenvalue weighted by atomic mass is 16.4. The summed E-state index contributed by atoms with van der Waals surface area (Å²) in [5.74, 6) is -1.38. The lowest BCUT2D eigenvalue weighted by Crippen LogP contribution is -2.42. The smallest absolute Gasteiger partial charge is 0.326 e. The first kappa shape index (κ1) is 13.9. The summed E-state index contributed by atoms with van der Waals surface area (Å²) in [6.07, 6.45) is 1.86. The van der Waals surface area contributed by atoms with Gasteiger partial charge in [0.1, 0.15) is 6.04 Å². The summed E-state index contributed by atoms with van der Waals surface area (Å²) in [5.41, 5.74) is 5.33. The molecule has 0 saturated carbocycles. The minimum Gasteiger partial charge on any atom is -0.480 e. The van der Waals surface area contributed by atoms with Crippen LogP contribution in [0.3, 0.4) is 0 Å². The number of carbonyl (C=O) groups is 2. The second-order valence-electron chi connectivity index (χ2n) is 3.64. The van der Waals surface area contributed by atoms with Gasteiger partial charge in [-0.15, -0.1) is 0 Å². The van der Waals surface area contributed by atoms with Gasteiger partial charge in [0, 0.05) is 5.92 Å². The molecule has 0 rings (SSSR count). The van der Waals surface area contributed by atoms with Crippen LogP contribution in [0.15, 0.2) is 0 Å². The van der Waals surface area contributed by atoms with Gasteiger partial charge in [-0.1, -0.05) is 13.8 Å². The molecule has 0 heterocycles. The normalized spacial score (nSPS) is 14.3. The number of hydrogen-bond donors (Lipinski definition) is 3. The van der Waals surface area contributed by atoms with E-state index in [1.807, 2.05) is 0 Å². The van der Waals surface area contributed by atoms with E-state index >= 15 is 0 Å². The molecular weight excluding hydrogens is 196 g/mol. The van der Waals surface area contributed by atoms with Crippen molar-refractivity contribution in [3.05, 3.63) is 0 Å². The summed E-state index contributed by atoms with van der Waals surface area (Å²) in [4.78, 5) is 22.2. The molecule has 0 aromatic rings. The molecule has 0 saturated heterocycles. The number of aliphatic carboxylic acids is 1. The molecule has 0 aromatic heterocycles. The largest absolute Gasteiger partial charge is 0.480 e. The summed E-state index contributed by atoms with van der Waals surface area (Å²) in [5, 5.41) is 11.2. The van der Waals surface area contributed by atoms with Gasteiger partial charge in [-0.3, -0.25) is 4.79 Å². The Balaban J connectivity index is 4.04. The second-order valence-corrected chi connectivity index (χ2v) is 3.64. The molecule has 0 aromatic carbocycles. The summed E-state index contributed by atoms with van der Waals surface area (Å²) in [6, 6.07) is -0.780. The number of carboxylic acid groups (broad SMARTS) is 1. The monoisotopic (exact) mass is 216 g/mol. The van der Waals surface area contributed by atoms with Crippen LogP contribution in [0, 0.1) is 5.92 Å². The van der Waals surface area contributed by atoms with E-state index in [1.54, 1.807) is 13.8 Å². The van der Waals surface area contributed by atoms with Crippen LogP contribution < -0.4 is 11.1 Å². The third kappa shape index (κ3) is 5.37. The maximum absolute atomic E-state index is 11.5. The first-order valence-corrected chi connectivity index (χ1v) is 5.26. The third-order valence-corrected chi connectivity index (χ3v) is 2.31. The quantitative estimate of drug-likeness (QED) is 0.572. The van der Waals surface area contributed by atoms with Crippen LogP contribution in [0.4, 0.5) is 0 Å². The van der Waals surface area contributed by atoms with Gasteiger partial charge in [0.25, 0.3) is 0 Å². The van der Waals surface area contributed by atoms with Crippen LogP contribution in [-0.2, 0) is 9.59 Å². The van der Waals surface area contributed by atoms with Gasteiger partial charge >= 0.3 is 5.97 Å². The molecule has 0 aliphatic heterocycles. The van der Waals surface area contributed by atoms with Crippen molar-refractivity contribution in [1.29, 1.82) is 0 Å². The van der Waals surface area contributed by atoms with E-state index < -0.39 is 12.0 Å². The van der Waals surface area contributed by atoms with Crippen molar-refractivity contribution in [2.45, 2.75) is 39.2 Å². The average Bonchev–Trinajstić information content (AvgIpc) is 2.21. The topological polar surface area (TPSA) is 92.4 Å². The Morgan fingerprint density at radius 1 is 1.47 bits per heavy atom. The fourth-order valence-electron chi connectivity index (χ4n) is 1.21. The van der Waals surface area contributed by atoms with E-state index in [0.29, 0.717) is 19.4 Å². The van der Waals surface area contributed by atoms with Crippen molar-refractivity contribution in [3.8, 4) is 0 Å². The molecule has 0 aliphatic rings. The lowest BCUT2D eigenvalue weighted by Gasteiger charge is -2.16. The molecule has 1 unspecified atom stereocenters. The Labute approximate surface area is 90.0 Å². The van der Waals surface area contributed by atoms with Gasteiger partial charge in [0.2, 0.25) is 5.91 Å². The number of rotatable bonds is 7. The molecule has 0 aliphatic carbocycles. The van der Waals surface area contributed by atoms with Gasteiger partial charge in [0.05, 0.1) is 0 Å². The zero-order valence-corrected chi connectivity index (χ0v) is 9.32. The van der Waals surface area contributed by atoms with Crippen molar-refractivity contribution in [2.75, 3.05) is 6.54 Å². The molecule has 5 nitrogen and oxygen atoms in total. The van der Waals surface area contributed by atoms with E-state index in [-0.39, 0.29) is 11.8 Å².